The number of hydrogen-bond acceptors (Lipinski definition) is 1. The van der Waals surface area contributed by atoms with E-state index in [2.05, 4.69) is 19.2 Å². The number of urea groups is 1. The first-order valence-electron chi connectivity index (χ1n) is 6.72. The predicted octanol–water partition coefficient (Wildman–Crippen LogP) is 2.62. The molecule has 1 N–H and O–H groups in total. The Kier molecular flexibility index (Phi) is 3.72. The first-order valence-corrected chi connectivity index (χ1v) is 6.72. The first-order chi connectivity index (χ1) is 7.66. The van der Waals surface area contributed by atoms with Crippen LogP contribution in [-0.2, 0) is 0 Å². The van der Waals surface area contributed by atoms with Crippen LogP contribution in [0.2, 0.25) is 0 Å². The number of hydrogen-bond donors (Lipinski definition) is 1. The molecule has 2 fully saturated rings. The van der Waals surface area contributed by atoms with Gasteiger partial charge >= 0.3 is 6.03 Å². The Morgan fingerprint density at radius 3 is 2.62 bits per heavy atom. The van der Waals surface area contributed by atoms with Crippen LogP contribution in [-0.4, -0.2) is 30.1 Å². The molecule has 1 aliphatic carbocycles. The summed E-state index contributed by atoms with van der Waals surface area (Å²) < 4.78 is 0. The minimum absolute atomic E-state index is 0.158. The Bertz CT molecular complexity index is 250. The van der Waals surface area contributed by atoms with Crippen LogP contribution in [0.1, 0.15) is 46.0 Å². The van der Waals surface area contributed by atoms with Crippen molar-refractivity contribution in [3.63, 3.8) is 0 Å². The molecule has 2 amide bonds. The van der Waals surface area contributed by atoms with Crippen LogP contribution in [0.15, 0.2) is 0 Å². The molecule has 1 aliphatic heterocycles. The van der Waals surface area contributed by atoms with Gasteiger partial charge in [-0.2, -0.15) is 0 Å². The Balaban J connectivity index is 1.77. The molecule has 2 aliphatic rings. The van der Waals surface area contributed by atoms with Gasteiger partial charge in [-0.05, 0) is 44.4 Å². The number of amides is 2. The Labute approximate surface area is 98.6 Å². The summed E-state index contributed by atoms with van der Waals surface area (Å²) in [7, 11) is 0. The minimum Gasteiger partial charge on any atom is -0.335 e. The quantitative estimate of drug-likeness (QED) is 0.768. The summed E-state index contributed by atoms with van der Waals surface area (Å²) in [5.74, 6) is 1.39. The second-order valence-electron chi connectivity index (χ2n) is 5.62. The fourth-order valence-electron chi connectivity index (χ4n) is 2.72. The molecule has 0 aromatic heterocycles. The summed E-state index contributed by atoms with van der Waals surface area (Å²) in [4.78, 5) is 14.0. The molecule has 1 saturated carbocycles. The van der Waals surface area contributed by atoms with E-state index in [1.165, 1.54) is 25.7 Å². The topological polar surface area (TPSA) is 32.3 Å². The number of likely N-dealkylation sites (tertiary alicyclic amines) is 1. The van der Waals surface area contributed by atoms with Gasteiger partial charge in [-0.25, -0.2) is 4.79 Å². The highest BCUT2D eigenvalue weighted by atomic mass is 16.2. The number of carbonyl (C=O) groups is 1. The van der Waals surface area contributed by atoms with E-state index < -0.39 is 0 Å². The van der Waals surface area contributed by atoms with E-state index in [1.54, 1.807) is 0 Å². The third-order valence-corrected chi connectivity index (χ3v) is 4.15. The van der Waals surface area contributed by atoms with E-state index in [1.807, 2.05) is 4.90 Å². The van der Waals surface area contributed by atoms with E-state index in [4.69, 9.17) is 0 Å². The molecule has 0 aromatic carbocycles. The van der Waals surface area contributed by atoms with Crippen molar-refractivity contribution in [1.29, 1.82) is 0 Å². The molecule has 2 rings (SSSR count). The van der Waals surface area contributed by atoms with E-state index in [-0.39, 0.29) is 6.03 Å². The SMILES string of the molecule is CC1CCCN(C(=O)NC(C)C2CCC2)C1. The molecule has 0 spiro atoms. The molecule has 0 aromatic rings. The molecule has 3 heteroatoms. The van der Waals surface area contributed by atoms with Crippen molar-refractivity contribution in [2.75, 3.05) is 13.1 Å². The standard InChI is InChI=1S/C13H24N2O/c1-10-5-4-8-15(9-10)13(16)14-11(2)12-6-3-7-12/h10-12H,3-9H2,1-2H3,(H,14,16). The molecule has 1 saturated heterocycles. The van der Waals surface area contributed by atoms with Crippen LogP contribution in [0.25, 0.3) is 0 Å². The molecule has 1 heterocycles. The van der Waals surface area contributed by atoms with Gasteiger partial charge in [-0.1, -0.05) is 13.3 Å². The fourth-order valence-corrected chi connectivity index (χ4v) is 2.72. The van der Waals surface area contributed by atoms with Gasteiger partial charge in [0.1, 0.15) is 0 Å². The van der Waals surface area contributed by atoms with Gasteiger partial charge < -0.3 is 10.2 Å². The highest BCUT2D eigenvalue weighted by Crippen LogP contribution is 2.29. The monoisotopic (exact) mass is 224 g/mol. The maximum Gasteiger partial charge on any atom is 0.317 e. The zero-order chi connectivity index (χ0) is 11.5. The van der Waals surface area contributed by atoms with Gasteiger partial charge in [0.25, 0.3) is 0 Å². The van der Waals surface area contributed by atoms with Gasteiger partial charge in [0.2, 0.25) is 0 Å². The second-order valence-corrected chi connectivity index (χ2v) is 5.62. The van der Waals surface area contributed by atoms with Crippen molar-refractivity contribution in [2.24, 2.45) is 11.8 Å². The largest absolute Gasteiger partial charge is 0.335 e. The third kappa shape index (κ3) is 2.69. The van der Waals surface area contributed by atoms with E-state index >= 15 is 0 Å². The first kappa shape index (κ1) is 11.7. The van der Waals surface area contributed by atoms with Crippen LogP contribution < -0.4 is 5.32 Å². The van der Waals surface area contributed by atoms with Gasteiger partial charge in [0.05, 0.1) is 0 Å². The Hall–Kier alpha value is -0.730. The lowest BCUT2D eigenvalue weighted by atomic mass is 9.80. The van der Waals surface area contributed by atoms with Crippen molar-refractivity contribution in [3.8, 4) is 0 Å². The minimum atomic E-state index is 0.158. The molecular formula is C13H24N2O. The van der Waals surface area contributed by atoms with E-state index in [0.717, 1.165) is 25.4 Å². The van der Waals surface area contributed by atoms with Crippen LogP contribution >= 0.6 is 0 Å². The van der Waals surface area contributed by atoms with Gasteiger partial charge in [-0.3, -0.25) is 0 Å². The lowest BCUT2D eigenvalue weighted by Gasteiger charge is -2.36. The molecule has 3 nitrogen and oxygen atoms in total. The van der Waals surface area contributed by atoms with Crippen molar-refractivity contribution in [1.82, 2.24) is 10.2 Å². The summed E-state index contributed by atoms with van der Waals surface area (Å²) in [5, 5.41) is 3.16. The molecule has 92 valence electrons. The number of piperidine rings is 1. The van der Waals surface area contributed by atoms with Crippen molar-refractivity contribution in [2.45, 2.75) is 52.0 Å². The third-order valence-electron chi connectivity index (χ3n) is 4.15. The molecular weight excluding hydrogens is 200 g/mol. The molecule has 2 atom stereocenters. The predicted molar refractivity (Wildman–Crippen MR) is 65.3 cm³/mol. The summed E-state index contributed by atoms with van der Waals surface area (Å²) >= 11 is 0. The number of nitrogens with zero attached hydrogens (tertiary/aromatic N) is 1. The van der Waals surface area contributed by atoms with E-state index in [9.17, 15) is 4.79 Å². The zero-order valence-electron chi connectivity index (χ0n) is 10.5. The number of rotatable bonds is 2. The normalized spacial score (nSPS) is 28.4. The van der Waals surface area contributed by atoms with Gasteiger partial charge in [-0.15, -0.1) is 0 Å². The lowest BCUT2D eigenvalue weighted by molar-refractivity contribution is 0.156. The number of carbonyl (C=O) groups excluding carboxylic acids is 1. The smallest absolute Gasteiger partial charge is 0.317 e. The molecule has 0 bridgehead atoms. The second kappa shape index (κ2) is 5.07. The molecule has 0 radical (unpaired) electrons. The average molecular weight is 224 g/mol. The molecule has 16 heavy (non-hydrogen) atoms. The Morgan fingerprint density at radius 2 is 2.06 bits per heavy atom. The lowest BCUT2D eigenvalue weighted by Crippen LogP contribution is -2.50. The van der Waals surface area contributed by atoms with Crippen LogP contribution in [0.3, 0.4) is 0 Å². The number of nitrogens with one attached hydrogen (secondary N) is 1. The summed E-state index contributed by atoms with van der Waals surface area (Å²) in [5.41, 5.74) is 0. The van der Waals surface area contributed by atoms with Gasteiger partial charge in [0.15, 0.2) is 0 Å². The maximum atomic E-state index is 12.0. The van der Waals surface area contributed by atoms with Crippen LogP contribution in [0.5, 0.6) is 0 Å². The maximum absolute atomic E-state index is 12.0. The highest BCUT2D eigenvalue weighted by Gasteiger charge is 2.27. The zero-order valence-corrected chi connectivity index (χ0v) is 10.5. The van der Waals surface area contributed by atoms with Crippen molar-refractivity contribution >= 4 is 6.03 Å². The van der Waals surface area contributed by atoms with Crippen molar-refractivity contribution in [3.05, 3.63) is 0 Å². The molecule has 2 unspecified atom stereocenters. The Morgan fingerprint density at radius 1 is 1.31 bits per heavy atom. The summed E-state index contributed by atoms with van der Waals surface area (Å²) in [6.45, 7) is 6.25. The van der Waals surface area contributed by atoms with Crippen molar-refractivity contribution < 1.29 is 4.79 Å². The highest BCUT2D eigenvalue weighted by molar-refractivity contribution is 5.74. The summed E-state index contributed by atoms with van der Waals surface area (Å²) in [6, 6.07) is 0.518. The van der Waals surface area contributed by atoms with Crippen LogP contribution in [0, 0.1) is 11.8 Å². The average Bonchev–Trinajstić information content (AvgIpc) is 2.14. The van der Waals surface area contributed by atoms with Gasteiger partial charge in [0, 0.05) is 19.1 Å². The fraction of sp³-hybridized carbons (Fsp3) is 0.923. The summed E-state index contributed by atoms with van der Waals surface area (Å²) in [6.07, 6.45) is 6.34. The van der Waals surface area contributed by atoms with E-state index in [0.29, 0.717) is 12.0 Å². The van der Waals surface area contributed by atoms with Crippen LogP contribution in [0.4, 0.5) is 4.79 Å².